The van der Waals surface area contributed by atoms with E-state index in [0.717, 1.165) is 15.2 Å². The van der Waals surface area contributed by atoms with Crippen molar-refractivity contribution in [3.8, 4) is 0 Å². The Hall–Kier alpha value is -1.95. The van der Waals surface area contributed by atoms with Gasteiger partial charge in [0, 0.05) is 13.0 Å². The number of thiazole rings is 1. The molecular weight excluding hydrogens is 262 g/mol. The van der Waals surface area contributed by atoms with E-state index in [0.29, 0.717) is 13.1 Å². The maximum absolute atomic E-state index is 11.8. The molecule has 1 aromatic carbocycles. The van der Waals surface area contributed by atoms with Gasteiger partial charge in [0.05, 0.1) is 22.7 Å². The Morgan fingerprint density at radius 1 is 1.47 bits per heavy atom. The van der Waals surface area contributed by atoms with Crippen LogP contribution in [0.5, 0.6) is 0 Å². The zero-order chi connectivity index (χ0) is 13.4. The largest absolute Gasteiger partial charge is 0.369 e. The quantitative estimate of drug-likeness (QED) is 0.912. The number of carbonyl (C=O) groups excluding carboxylic acids is 2. The number of para-hydroxylation sites is 1. The Balaban J connectivity index is 1.78. The summed E-state index contributed by atoms with van der Waals surface area (Å²) in [7, 11) is 0. The fourth-order valence-electron chi connectivity index (χ4n) is 2.27. The smallest absolute Gasteiger partial charge is 0.223 e. The van der Waals surface area contributed by atoms with Crippen molar-refractivity contribution in [1.82, 2.24) is 9.88 Å². The lowest BCUT2D eigenvalue weighted by atomic mass is 10.1. The van der Waals surface area contributed by atoms with Crippen LogP contribution in [0.3, 0.4) is 0 Å². The van der Waals surface area contributed by atoms with Gasteiger partial charge in [0.25, 0.3) is 0 Å². The summed E-state index contributed by atoms with van der Waals surface area (Å²) in [4.78, 5) is 29.1. The highest BCUT2D eigenvalue weighted by Gasteiger charge is 2.33. The summed E-state index contributed by atoms with van der Waals surface area (Å²) >= 11 is 1.57. The van der Waals surface area contributed by atoms with Crippen LogP contribution in [0.1, 0.15) is 11.4 Å². The third-order valence-electron chi connectivity index (χ3n) is 3.28. The van der Waals surface area contributed by atoms with Crippen molar-refractivity contribution in [2.75, 3.05) is 6.54 Å². The zero-order valence-corrected chi connectivity index (χ0v) is 11.0. The summed E-state index contributed by atoms with van der Waals surface area (Å²) < 4.78 is 1.11. The minimum absolute atomic E-state index is 0.0249. The molecule has 98 valence electrons. The molecule has 1 aliphatic heterocycles. The third-order valence-corrected chi connectivity index (χ3v) is 4.30. The molecule has 2 aromatic rings. The SMILES string of the molecule is NC(=O)C1CC(=O)N(Cc2nc3ccccc3s2)C1. The second-order valence-electron chi connectivity index (χ2n) is 4.65. The van der Waals surface area contributed by atoms with E-state index in [4.69, 9.17) is 5.73 Å². The predicted octanol–water partition coefficient (Wildman–Crippen LogP) is 1.13. The van der Waals surface area contributed by atoms with Crippen molar-refractivity contribution in [2.24, 2.45) is 11.7 Å². The van der Waals surface area contributed by atoms with Crippen LogP contribution in [0.25, 0.3) is 10.2 Å². The lowest BCUT2D eigenvalue weighted by Crippen LogP contribution is -2.28. The summed E-state index contributed by atoms with van der Waals surface area (Å²) in [5.74, 6) is -0.787. The zero-order valence-electron chi connectivity index (χ0n) is 10.2. The number of hydrogen-bond donors (Lipinski definition) is 1. The molecule has 2 heterocycles. The van der Waals surface area contributed by atoms with Gasteiger partial charge in [-0.25, -0.2) is 4.98 Å². The molecule has 0 radical (unpaired) electrons. The molecular formula is C13H13N3O2S. The molecule has 19 heavy (non-hydrogen) atoms. The van der Waals surface area contributed by atoms with Crippen LogP contribution in [0.15, 0.2) is 24.3 Å². The van der Waals surface area contributed by atoms with Gasteiger partial charge in [0.15, 0.2) is 0 Å². The fourth-order valence-corrected chi connectivity index (χ4v) is 3.25. The average Bonchev–Trinajstić information content (AvgIpc) is 2.93. The van der Waals surface area contributed by atoms with E-state index in [-0.39, 0.29) is 18.2 Å². The van der Waals surface area contributed by atoms with Crippen molar-refractivity contribution >= 4 is 33.4 Å². The lowest BCUT2D eigenvalue weighted by molar-refractivity contribution is -0.128. The van der Waals surface area contributed by atoms with Gasteiger partial charge in [-0.2, -0.15) is 0 Å². The molecule has 5 nitrogen and oxygen atoms in total. The number of fused-ring (bicyclic) bond motifs is 1. The summed E-state index contributed by atoms with van der Waals surface area (Å²) in [6.07, 6.45) is 0.222. The summed E-state index contributed by atoms with van der Waals surface area (Å²) in [6, 6.07) is 7.87. The third kappa shape index (κ3) is 2.31. The highest BCUT2D eigenvalue weighted by atomic mass is 32.1. The molecule has 2 amide bonds. The van der Waals surface area contributed by atoms with E-state index >= 15 is 0 Å². The van der Waals surface area contributed by atoms with Gasteiger partial charge < -0.3 is 10.6 Å². The normalized spacial score (nSPS) is 19.3. The van der Waals surface area contributed by atoms with Crippen molar-refractivity contribution in [1.29, 1.82) is 0 Å². The maximum Gasteiger partial charge on any atom is 0.223 e. The number of carbonyl (C=O) groups is 2. The number of nitrogens with zero attached hydrogens (tertiary/aromatic N) is 2. The Morgan fingerprint density at radius 2 is 2.26 bits per heavy atom. The second-order valence-corrected chi connectivity index (χ2v) is 5.77. The van der Waals surface area contributed by atoms with Gasteiger partial charge >= 0.3 is 0 Å². The number of benzene rings is 1. The van der Waals surface area contributed by atoms with Gasteiger partial charge in [-0.1, -0.05) is 12.1 Å². The molecule has 1 unspecified atom stereocenters. The van der Waals surface area contributed by atoms with Crippen LogP contribution in [0.4, 0.5) is 0 Å². The van der Waals surface area contributed by atoms with Gasteiger partial charge in [-0.05, 0) is 12.1 Å². The summed E-state index contributed by atoms with van der Waals surface area (Å²) in [5.41, 5.74) is 6.19. The molecule has 1 fully saturated rings. The predicted molar refractivity (Wildman–Crippen MR) is 72.3 cm³/mol. The van der Waals surface area contributed by atoms with Crippen molar-refractivity contribution < 1.29 is 9.59 Å². The molecule has 1 saturated heterocycles. The monoisotopic (exact) mass is 275 g/mol. The number of likely N-dealkylation sites (tertiary alicyclic amines) is 1. The Morgan fingerprint density at radius 3 is 2.95 bits per heavy atom. The van der Waals surface area contributed by atoms with Crippen LogP contribution in [0.2, 0.25) is 0 Å². The Kier molecular flexibility index (Phi) is 2.94. The van der Waals surface area contributed by atoms with Crippen molar-refractivity contribution in [2.45, 2.75) is 13.0 Å². The minimum atomic E-state index is -0.403. The number of aromatic nitrogens is 1. The molecule has 1 aliphatic rings. The van der Waals surface area contributed by atoms with Crippen LogP contribution in [-0.4, -0.2) is 28.2 Å². The number of hydrogen-bond acceptors (Lipinski definition) is 4. The lowest BCUT2D eigenvalue weighted by Gasteiger charge is -2.13. The Labute approximate surface area is 114 Å². The van der Waals surface area contributed by atoms with E-state index in [1.165, 1.54) is 0 Å². The summed E-state index contributed by atoms with van der Waals surface area (Å²) in [6.45, 7) is 0.867. The highest BCUT2D eigenvalue weighted by molar-refractivity contribution is 7.18. The summed E-state index contributed by atoms with van der Waals surface area (Å²) in [5, 5.41) is 0.889. The van der Waals surface area contributed by atoms with Crippen LogP contribution in [-0.2, 0) is 16.1 Å². The topological polar surface area (TPSA) is 76.3 Å². The maximum atomic E-state index is 11.8. The van der Waals surface area contributed by atoms with Crippen LogP contribution < -0.4 is 5.73 Å². The minimum Gasteiger partial charge on any atom is -0.369 e. The van der Waals surface area contributed by atoms with Crippen LogP contribution >= 0.6 is 11.3 Å². The molecule has 6 heteroatoms. The first-order chi connectivity index (χ1) is 9.13. The molecule has 2 N–H and O–H groups in total. The second kappa shape index (κ2) is 4.62. The average molecular weight is 275 g/mol. The Bertz CT molecular complexity index is 619. The van der Waals surface area contributed by atoms with E-state index in [1.807, 2.05) is 24.3 Å². The molecule has 0 spiro atoms. The van der Waals surface area contributed by atoms with Gasteiger partial charge in [-0.15, -0.1) is 11.3 Å². The van der Waals surface area contributed by atoms with Crippen molar-refractivity contribution in [3.63, 3.8) is 0 Å². The number of nitrogens with two attached hydrogens (primary N) is 1. The van der Waals surface area contributed by atoms with E-state index in [2.05, 4.69) is 4.98 Å². The van der Waals surface area contributed by atoms with Crippen LogP contribution in [0, 0.1) is 5.92 Å². The molecule has 0 saturated carbocycles. The van der Waals surface area contributed by atoms with Crippen molar-refractivity contribution in [3.05, 3.63) is 29.3 Å². The first kappa shape index (κ1) is 12.1. The highest BCUT2D eigenvalue weighted by Crippen LogP contribution is 2.25. The fraction of sp³-hybridized carbons (Fsp3) is 0.308. The standard InChI is InChI=1S/C13H13N3O2S/c14-13(18)8-5-12(17)16(6-8)7-11-15-9-3-1-2-4-10(9)19-11/h1-4,8H,5-7H2,(H2,14,18). The molecule has 0 bridgehead atoms. The van der Waals surface area contributed by atoms with Gasteiger partial charge in [0.2, 0.25) is 11.8 Å². The van der Waals surface area contributed by atoms with E-state index in [1.54, 1.807) is 16.2 Å². The van der Waals surface area contributed by atoms with E-state index in [9.17, 15) is 9.59 Å². The first-order valence-electron chi connectivity index (χ1n) is 6.05. The number of amides is 2. The van der Waals surface area contributed by atoms with E-state index < -0.39 is 5.91 Å². The molecule has 1 aromatic heterocycles. The first-order valence-corrected chi connectivity index (χ1v) is 6.86. The van der Waals surface area contributed by atoms with Gasteiger partial charge in [0.1, 0.15) is 5.01 Å². The number of rotatable bonds is 3. The van der Waals surface area contributed by atoms with Gasteiger partial charge in [-0.3, -0.25) is 9.59 Å². The molecule has 1 atom stereocenters. The molecule has 0 aliphatic carbocycles. The molecule has 3 rings (SSSR count). The number of primary amides is 1.